The van der Waals surface area contributed by atoms with Crippen LogP contribution in [0.2, 0.25) is 0 Å². The molecule has 0 spiro atoms. The molecule has 30 heavy (non-hydrogen) atoms. The number of alkyl halides is 3. The van der Waals surface area contributed by atoms with Crippen LogP contribution in [-0.4, -0.2) is 38.7 Å². The first-order valence-corrected chi connectivity index (χ1v) is 11.0. The number of hydrogen-bond acceptors (Lipinski definition) is 7. The van der Waals surface area contributed by atoms with Gasteiger partial charge in [0.25, 0.3) is 0 Å². The van der Waals surface area contributed by atoms with Gasteiger partial charge < -0.3 is 19.3 Å². The second kappa shape index (κ2) is 8.44. The molecule has 2 N–H and O–H groups in total. The average molecular weight is 465 g/mol. The minimum absolute atomic E-state index is 0.0465. The first-order valence-electron chi connectivity index (χ1n) is 8.70. The number of ether oxygens (including phenoxy) is 1. The lowest BCUT2D eigenvalue weighted by atomic mass is 10.1. The first-order chi connectivity index (χ1) is 14.1. The molecule has 1 saturated carbocycles. The maximum absolute atomic E-state index is 12.5. The summed E-state index contributed by atoms with van der Waals surface area (Å²) in [5.41, 5.74) is -5.32. The third kappa shape index (κ3) is 4.71. The van der Waals surface area contributed by atoms with Crippen molar-refractivity contribution in [2.45, 2.75) is 23.9 Å². The molecule has 1 aliphatic rings. The van der Waals surface area contributed by atoms with E-state index < -0.39 is 34.0 Å². The fraction of sp³-hybridized carbons (Fsp3) is 0.389. The van der Waals surface area contributed by atoms with Crippen molar-refractivity contribution >= 4 is 27.4 Å². The average Bonchev–Trinajstić information content (AvgIpc) is 3.30. The second-order valence-electron chi connectivity index (χ2n) is 6.59. The fourth-order valence-corrected chi connectivity index (χ4v) is 4.37. The third-order valence-corrected chi connectivity index (χ3v) is 6.59. The number of carbonyl (C=O) groups excluding carboxylic acids is 1. The van der Waals surface area contributed by atoms with E-state index in [9.17, 15) is 31.5 Å². The lowest BCUT2D eigenvalue weighted by Gasteiger charge is -2.20. The van der Waals surface area contributed by atoms with Gasteiger partial charge in [-0.1, -0.05) is 6.07 Å². The molecule has 0 bridgehead atoms. The Morgan fingerprint density at radius 3 is 2.67 bits per heavy atom. The third-order valence-electron chi connectivity index (χ3n) is 4.60. The summed E-state index contributed by atoms with van der Waals surface area (Å²) in [6, 6.07) is 6.11. The Hall–Kier alpha value is -2.31. The van der Waals surface area contributed by atoms with E-state index >= 15 is 0 Å². The van der Waals surface area contributed by atoms with Crippen LogP contribution in [0, 0.1) is 5.92 Å². The van der Waals surface area contributed by atoms with Crippen LogP contribution >= 0.6 is 11.3 Å². The minimum atomic E-state index is -5.84. The fourth-order valence-electron chi connectivity index (χ4n) is 3.01. The molecule has 12 heteroatoms. The number of thiophene rings is 1. The van der Waals surface area contributed by atoms with Crippen molar-refractivity contribution in [2.75, 3.05) is 13.7 Å². The lowest BCUT2D eigenvalue weighted by molar-refractivity contribution is -0.123. The van der Waals surface area contributed by atoms with Crippen molar-refractivity contribution in [2.24, 2.45) is 5.92 Å². The molecule has 3 rings (SSSR count). The quantitative estimate of drug-likeness (QED) is 0.459. The highest BCUT2D eigenvalue weighted by atomic mass is 32.2. The van der Waals surface area contributed by atoms with Gasteiger partial charge in [-0.15, -0.1) is 11.3 Å². The van der Waals surface area contributed by atoms with E-state index in [2.05, 4.69) is 9.50 Å². The smallest absolute Gasteiger partial charge is 0.496 e. The predicted octanol–water partition coefficient (Wildman–Crippen LogP) is 2.94. The maximum Gasteiger partial charge on any atom is 0.534 e. The van der Waals surface area contributed by atoms with Gasteiger partial charge in [-0.3, -0.25) is 4.79 Å². The molecule has 2 aromatic rings. The molecule has 0 unspecified atom stereocenters. The van der Waals surface area contributed by atoms with Crippen molar-refractivity contribution in [3.63, 3.8) is 0 Å². The molecule has 0 saturated heterocycles. The van der Waals surface area contributed by atoms with E-state index in [0.717, 1.165) is 17.0 Å². The van der Waals surface area contributed by atoms with Crippen LogP contribution in [0.5, 0.6) is 11.5 Å². The number of methoxy groups -OCH3 is 1. The molecule has 0 aliphatic heterocycles. The first kappa shape index (κ1) is 22.4. The van der Waals surface area contributed by atoms with Crippen molar-refractivity contribution in [1.82, 2.24) is 5.32 Å². The van der Waals surface area contributed by atoms with Crippen LogP contribution in [0.1, 0.15) is 28.8 Å². The van der Waals surface area contributed by atoms with Gasteiger partial charge >= 0.3 is 15.6 Å². The molecule has 1 amide bonds. The predicted molar refractivity (Wildman–Crippen MR) is 102 cm³/mol. The molecule has 1 fully saturated rings. The maximum atomic E-state index is 12.5. The van der Waals surface area contributed by atoms with Crippen molar-refractivity contribution in [1.29, 1.82) is 0 Å². The summed E-state index contributed by atoms with van der Waals surface area (Å²) in [6.45, 7) is -0.500. The second-order valence-corrected chi connectivity index (χ2v) is 9.11. The lowest BCUT2D eigenvalue weighted by Crippen LogP contribution is -2.32. The standard InChI is InChI=1S/C18H18F3NO6S2/c1-27-15-7-10(28-30(25,26)18(19,20)21)4-5-11(15)14(9-23)22-17(24)13-8-12(13)16-3-2-6-29-16/h2-7,12-14,23H,8-9H2,1H3,(H,22,24)/t12-,13-,14-/m0/s1. The Bertz CT molecular complexity index is 1010. The van der Waals surface area contributed by atoms with E-state index in [0.29, 0.717) is 6.42 Å². The molecule has 3 atom stereocenters. The minimum Gasteiger partial charge on any atom is -0.496 e. The summed E-state index contributed by atoms with van der Waals surface area (Å²) in [5, 5.41) is 14.3. The van der Waals surface area contributed by atoms with Crippen LogP contribution in [0.3, 0.4) is 0 Å². The van der Waals surface area contributed by atoms with Gasteiger partial charge in [0, 0.05) is 28.3 Å². The molecule has 0 radical (unpaired) electrons. The molecule has 7 nitrogen and oxygen atoms in total. The Morgan fingerprint density at radius 1 is 1.37 bits per heavy atom. The Labute approximate surface area is 174 Å². The Balaban J connectivity index is 1.74. The SMILES string of the molecule is COc1cc(OS(=O)(=O)C(F)(F)F)ccc1[C@H](CO)NC(=O)[C@H]1C[C@@H]1c1cccs1. The Morgan fingerprint density at radius 2 is 2.10 bits per heavy atom. The van der Waals surface area contributed by atoms with E-state index in [1.165, 1.54) is 13.2 Å². The van der Waals surface area contributed by atoms with Gasteiger partial charge in [0.15, 0.2) is 0 Å². The van der Waals surface area contributed by atoms with Crippen LogP contribution in [0.4, 0.5) is 13.2 Å². The summed E-state index contributed by atoms with van der Waals surface area (Å²) in [5.74, 6) is -1.04. The zero-order valence-corrected chi connectivity index (χ0v) is 17.2. The number of amides is 1. The van der Waals surface area contributed by atoms with Crippen LogP contribution in [-0.2, 0) is 14.9 Å². The molecule has 1 aromatic carbocycles. The van der Waals surface area contributed by atoms with Crippen molar-refractivity contribution in [3.8, 4) is 11.5 Å². The molecule has 1 heterocycles. The van der Waals surface area contributed by atoms with E-state index in [4.69, 9.17) is 4.74 Å². The summed E-state index contributed by atoms with van der Waals surface area (Å²) in [6.07, 6.45) is 0.684. The number of aliphatic hydroxyl groups excluding tert-OH is 1. The highest BCUT2D eigenvalue weighted by Crippen LogP contribution is 2.49. The summed E-state index contributed by atoms with van der Waals surface area (Å²) >= 11 is 1.56. The number of carbonyl (C=O) groups is 1. The van der Waals surface area contributed by atoms with Gasteiger partial charge in [-0.2, -0.15) is 21.6 Å². The summed E-state index contributed by atoms with van der Waals surface area (Å²) in [7, 11) is -4.62. The van der Waals surface area contributed by atoms with E-state index in [-0.39, 0.29) is 29.1 Å². The normalized spacial score (nSPS) is 19.8. The number of halogens is 3. The van der Waals surface area contributed by atoms with Crippen LogP contribution in [0.25, 0.3) is 0 Å². The number of aliphatic hydroxyl groups is 1. The summed E-state index contributed by atoms with van der Waals surface area (Å²) in [4.78, 5) is 13.6. The van der Waals surface area contributed by atoms with Gasteiger partial charge in [0.1, 0.15) is 11.5 Å². The molecular formula is C18H18F3NO6S2. The Kier molecular flexibility index (Phi) is 6.29. The topological polar surface area (TPSA) is 102 Å². The van der Waals surface area contributed by atoms with Crippen LogP contribution < -0.4 is 14.2 Å². The van der Waals surface area contributed by atoms with Crippen molar-refractivity contribution in [3.05, 3.63) is 46.2 Å². The molecular weight excluding hydrogens is 447 g/mol. The van der Waals surface area contributed by atoms with Crippen molar-refractivity contribution < 1.29 is 40.4 Å². The number of nitrogens with one attached hydrogen (secondary N) is 1. The highest BCUT2D eigenvalue weighted by molar-refractivity contribution is 7.88. The van der Waals surface area contributed by atoms with Gasteiger partial charge in [-0.25, -0.2) is 0 Å². The largest absolute Gasteiger partial charge is 0.534 e. The number of benzene rings is 1. The molecule has 1 aliphatic carbocycles. The number of rotatable bonds is 8. The summed E-state index contributed by atoms with van der Waals surface area (Å²) < 4.78 is 69.0. The van der Waals surface area contributed by atoms with E-state index in [1.807, 2.05) is 17.5 Å². The monoisotopic (exact) mass is 465 g/mol. The number of hydrogen-bond donors (Lipinski definition) is 2. The molecule has 164 valence electrons. The molecule has 1 aromatic heterocycles. The highest BCUT2D eigenvalue weighted by Gasteiger charge is 2.48. The zero-order valence-electron chi connectivity index (χ0n) is 15.5. The van der Waals surface area contributed by atoms with Gasteiger partial charge in [-0.05, 0) is 30.0 Å². The van der Waals surface area contributed by atoms with Crippen LogP contribution in [0.15, 0.2) is 35.7 Å². The van der Waals surface area contributed by atoms with Gasteiger partial charge in [0.05, 0.1) is 19.8 Å². The van der Waals surface area contributed by atoms with Gasteiger partial charge in [0.2, 0.25) is 5.91 Å². The zero-order chi connectivity index (χ0) is 22.1. The van der Waals surface area contributed by atoms with E-state index in [1.54, 1.807) is 11.3 Å².